The molecule has 26 heavy (non-hydrogen) atoms. The number of benzene rings is 1. The van der Waals surface area contributed by atoms with Crippen LogP contribution in [0.3, 0.4) is 0 Å². The number of likely N-dealkylation sites (tertiary alicyclic amines) is 1. The van der Waals surface area contributed by atoms with Crippen LogP contribution in [0.15, 0.2) is 42.5 Å². The Hall–Kier alpha value is -1.98. The average Bonchev–Trinajstić information content (AvgIpc) is 3.36. The third-order valence-corrected chi connectivity index (χ3v) is 6.59. The van der Waals surface area contributed by atoms with Gasteiger partial charge in [-0.25, -0.2) is 0 Å². The number of imide groups is 1. The summed E-state index contributed by atoms with van der Waals surface area (Å²) >= 11 is 0. The first-order valence-electron chi connectivity index (χ1n) is 9.64. The fraction of sp³-hybridized carbons (Fsp3) is 0.524. The number of carbonyl (C=O) groups excluding carboxylic acids is 2. The molecule has 1 aromatic rings. The minimum atomic E-state index is -0.112. The van der Waals surface area contributed by atoms with Crippen molar-refractivity contribution in [1.82, 2.24) is 9.80 Å². The van der Waals surface area contributed by atoms with Crippen molar-refractivity contribution in [2.45, 2.75) is 12.5 Å². The molecular weight excluding hydrogens is 328 g/mol. The van der Waals surface area contributed by atoms with E-state index in [2.05, 4.69) is 29.2 Å². The molecule has 3 fully saturated rings. The van der Waals surface area contributed by atoms with Crippen molar-refractivity contribution < 1.29 is 14.3 Å². The zero-order chi connectivity index (χ0) is 17.7. The number of amides is 2. The van der Waals surface area contributed by atoms with E-state index in [9.17, 15) is 9.59 Å². The average molecular weight is 352 g/mol. The van der Waals surface area contributed by atoms with E-state index < -0.39 is 0 Å². The van der Waals surface area contributed by atoms with Crippen LogP contribution in [0.2, 0.25) is 0 Å². The molecule has 1 saturated carbocycles. The van der Waals surface area contributed by atoms with E-state index in [1.807, 2.05) is 18.2 Å². The lowest BCUT2D eigenvalue weighted by atomic mass is 9.85. The first-order valence-corrected chi connectivity index (χ1v) is 9.64. The van der Waals surface area contributed by atoms with Crippen molar-refractivity contribution >= 4 is 11.8 Å². The number of ether oxygens (including phenoxy) is 1. The van der Waals surface area contributed by atoms with Crippen molar-refractivity contribution in [1.29, 1.82) is 0 Å². The molecule has 4 aliphatic rings. The van der Waals surface area contributed by atoms with Gasteiger partial charge in [0.1, 0.15) is 0 Å². The molecule has 5 heteroatoms. The fourth-order valence-electron chi connectivity index (χ4n) is 5.31. The summed E-state index contributed by atoms with van der Waals surface area (Å²) in [5, 5.41) is 0. The van der Waals surface area contributed by atoms with Crippen molar-refractivity contribution in [2.24, 2.45) is 23.7 Å². The van der Waals surface area contributed by atoms with Crippen molar-refractivity contribution in [3.05, 3.63) is 48.0 Å². The van der Waals surface area contributed by atoms with Gasteiger partial charge in [0.05, 0.1) is 31.1 Å². The van der Waals surface area contributed by atoms with E-state index in [0.29, 0.717) is 19.8 Å². The minimum Gasteiger partial charge on any atom is -0.379 e. The van der Waals surface area contributed by atoms with Gasteiger partial charge in [0.2, 0.25) is 11.8 Å². The molecule has 0 spiro atoms. The normalized spacial score (nSPS) is 34.5. The van der Waals surface area contributed by atoms with Gasteiger partial charge in [-0.2, -0.15) is 0 Å². The van der Waals surface area contributed by atoms with Crippen LogP contribution in [0.25, 0.3) is 0 Å². The summed E-state index contributed by atoms with van der Waals surface area (Å²) in [4.78, 5) is 30.0. The zero-order valence-corrected chi connectivity index (χ0v) is 14.8. The van der Waals surface area contributed by atoms with Crippen molar-refractivity contribution in [2.75, 3.05) is 32.8 Å². The molecule has 5 rings (SSSR count). The largest absolute Gasteiger partial charge is 0.379 e. The Balaban J connectivity index is 1.42. The van der Waals surface area contributed by atoms with Gasteiger partial charge < -0.3 is 4.74 Å². The highest BCUT2D eigenvalue weighted by Crippen LogP contribution is 2.52. The fourth-order valence-corrected chi connectivity index (χ4v) is 5.31. The monoisotopic (exact) mass is 352 g/mol. The summed E-state index contributed by atoms with van der Waals surface area (Å²) in [6.07, 6.45) is 5.28. The number of hydrogen-bond acceptors (Lipinski definition) is 4. The maximum absolute atomic E-state index is 13.1. The van der Waals surface area contributed by atoms with Gasteiger partial charge in [0.15, 0.2) is 0 Å². The quantitative estimate of drug-likeness (QED) is 0.613. The second-order valence-electron chi connectivity index (χ2n) is 7.86. The molecule has 2 saturated heterocycles. The molecule has 0 radical (unpaired) electrons. The standard InChI is InChI=1S/C21H24N2O3/c24-20-18-15-6-7-16(12-15)19(18)21(25)23(20)13-17(14-4-2-1-3-5-14)22-8-10-26-11-9-22/h1-7,15-19H,8-13H2/t15-,16-,17+,18-,19+/m0/s1. The van der Waals surface area contributed by atoms with Crippen molar-refractivity contribution in [3.63, 3.8) is 0 Å². The molecular formula is C21H24N2O3. The van der Waals surface area contributed by atoms with E-state index in [1.54, 1.807) is 4.90 Å². The molecule has 2 aliphatic heterocycles. The number of nitrogens with zero attached hydrogens (tertiary/aromatic N) is 2. The summed E-state index contributed by atoms with van der Waals surface area (Å²) in [6, 6.07) is 10.3. The Morgan fingerprint density at radius 3 is 2.19 bits per heavy atom. The Morgan fingerprint density at radius 2 is 1.58 bits per heavy atom. The second-order valence-corrected chi connectivity index (χ2v) is 7.86. The van der Waals surface area contributed by atoms with Crippen LogP contribution < -0.4 is 0 Å². The molecule has 0 unspecified atom stereocenters. The third-order valence-electron chi connectivity index (χ3n) is 6.59. The third kappa shape index (κ3) is 2.45. The molecule has 136 valence electrons. The summed E-state index contributed by atoms with van der Waals surface area (Å²) < 4.78 is 5.50. The van der Waals surface area contributed by atoms with Crippen molar-refractivity contribution in [3.8, 4) is 0 Å². The summed E-state index contributed by atoms with van der Waals surface area (Å²) in [5.41, 5.74) is 1.16. The summed E-state index contributed by atoms with van der Waals surface area (Å²) in [5.74, 6) is 0.407. The Kier molecular flexibility index (Phi) is 3.94. The number of fused-ring (bicyclic) bond motifs is 5. The lowest BCUT2D eigenvalue weighted by molar-refractivity contribution is -0.142. The van der Waals surface area contributed by atoms with Crippen LogP contribution in [0.5, 0.6) is 0 Å². The van der Waals surface area contributed by atoms with Crippen LogP contribution in [-0.2, 0) is 14.3 Å². The predicted octanol–water partition coefficient (Wildman–Crippen LogP) is 1.87. The van der Waals surface area contributed by atoms with E-state index >= 15 is 0 Å². The van der Waals surface area contributed by atoms with Crippen LogP contribution in [-0.4, -0.2) is 54.5 Å². The number of morpholine rings is 1. The first-order chi connectivity index (χ1) is 12.7. The molecule has 1 aromatic carbocycles. The van der Waals surface area contributed by atoms with E-state index in [1.165, 1.54) is 0 Å². The Bertz CT molecular complexity index is 711. The lowest BCUT2D eigenvalue weighted by Crippen LogP contribution is -2.45. The molecule has 0 aromatic heterocycles. The smallest absolute Gasteiger partial charge is 0.233 e. The van der Waals surface area contributed by atoms with Gasteiger partial charge >= 0.3 is 0 Å². The summed E-state index contributed by atoms with van der Waals surface area (Å²) in [6.45, 7) is 3.51. The Morgan fingerprint density at radius 1 is 0.962 bits per heavy atom. The van der Waals surface area contributed by atoms with Crippen LogP contribution in [0.1, 0.15) is 18.0 Å². The van der Waals surface area contributed by atoms with Gasteiger partial charge in [0.25, 0.3) is 0 Å². The van der Waals surface area contributed by atoms with Crippen LogP contribution in [0.4, 0.5) is 0 Å². The van der Waals surface area contributed by atoms with Gasteiger partial charge in [-0.1, -0.05) is 42.5 Å². The molecule has 0 N–H and O–H groups in total. The molecule has 5 atom stereocenters. The zero-order valence-electron chi connectivity index (χ0n) is 14.8. The van der Waals surface area contributed by atoms with Gasteiger partial charge in [0, 0.05) is 19.6 Å². The van der Waals surface area contributed by atoms with E-state index in [0.717, 1.165) is 25.1 Å². The van der Waals surface area contributed by atoms with Gasteiger partial charge in [-0.3, -0.25) is 19.4 Å². The molecule has 2 amide bonds. The van der Waals surface area contributed by atoms with Gasteiger partial charge in [-0.05, 0) is 23.8 Å². The highest BCUT2D eigenvalue weighted by molar-refractivity contribution is 6.06. The second kappa shape index (κ2) is 6.32. The Labute approximate surface area is 153 Å². The molecule has 2 heterocycles. The highest BCUT2D eigenvalue weighted by Gasteiger charge is 2.59. The summed E-state index contributed by atoms with van der Waals surface area (Å²) in [7, 11) is 0. The maximum Gasteiger partial charge on any atom is 0.233 e. The SMILES string of the molecule is O=C1[C@@H]2[C@H](C(=O)N1C[C@H](c1ccccc1)N1CCOCC1)[C@H]1C=C[C@H]2C1. The number of rotatable bonds is 4. The van der Waals surface area contributed by atoms with Gasteiger partial charge in [-0.15, -0.1) is 0 Å². The number of carbonyl (C=O) groups is 2. The highest BCUT2D eigenvalue weighted by atomic mass is 16.5. The topological polar surface area (TPSA) is 49.9 Å². The lowest BCUT2D eigenvalue weighted by Gasteiger charge is -2.36. The molecule has 2 bridgehead atoms. The van der Waals surface area contributed by atoms with Crippen LogP contribution in [0, 0.1) is 23.7 Å². The van der Waals surface area contributed by atoms with E-state index in [-0.39, 0.29) is 41.5 Å². The number of allylic oxidation sites excluding steroid dienone is 2. The molecule has 5 nitrogen and oxygen atoms in total. The van der Waals surface area contributed by atoms with Crippen LogP contribution >= 0.6 is 0 Å². The first kappa shape index (κ1) is 16.2. The minimum absolute atomic E-state index is 0.0393. The predicted molar refractivity (Wildman–Crippen MR) is 96.0 cm³/mol. The maximum atomic E-state index is 13.1. The molecule has 2 aliphatic carbocycles. The number of hydrogen-bond donors (Lipinski definition) is 0. The van der Waals surface area contributed by atoms with E-state index in [4.69, 9.17) is 4.74 Å².